The summed E-state index contributed by atoms with van der Waals surface area (Å²) in [4.78, 5) is 15.8. The second-order valence-electron chi connectivity index (χ2n) is 6.68. The van der Waals surface area contributed by atoms with E-state index in [0.29, 0.717) is 18.5 Å². The Hall–Kier alpha value is -2.70. The van der Waals surface area contributed by atoms with E-state index in [-0.39, 0.29) is 18.5 Å². The Morgan fingerprint density at radius 2 is 2.00 bits per heavy atom. The second-order valence-corrected chi connectivity index (χ2v) is 7.85. The summed E-state index contributed by atoms with van der Waals surface area (Å²) in [5.41, 5.74) is 3.70. The van der Waals surface area contributed by atoms with Crippen LogP contribution in [0.15, 0.2) is 54.6 Å². The molecule has 0 fully saturated rings. The van der Waals surface area contributed by atoms with Gasteiger partial charge in [-0.25, -0.2) is 4.39 Å². The number of rotatable bonds is 6. The Kier molecular flexibility index (Phi) is 5.41. The topological polar surface area (TPSA) is 41.6 Å². The standard InChI is InChI=1S/C22H21FN2O2S/c1-27-14-25-20-9-7-16(12-15(20)6-11-22(25)26)24-13-17-8-10-21(28-17)18-4-2-3-5-19(18)23/h2-5,7-10,12,24H,6,11,13-14H2,1H3. The highest BCUT2D eigenvalue weighted by molar-refractivity contribution is 7.15. The van der Waals surface area contributed by atoms with Gasteiger partial charge in [0.05, 0.1) is 0 Å². The summed E-state index contributed by atoms with van der Waals surface area (Å²) in [7, 11) is 1.59. The summed E-state index contributed by atoms with van der Waals surface area (Å²) in [6.07, 6.45) is 1.23. The monoisotopic (exact) mass is 396 g/mol. The Morgan fingerprint density at radius 3 is 2.82 bits per heavy atom. The number of anilines is 2. The highest BCUT2D eigenvalue weighted by Crippen LogP contribution is 2.32. The minimum absolute atomic E-state index is 0.0920. The largest absolute Gasteiger partial charge is 0.380 e. The number of benzene rings is 2. The SMILES string of the molecule is COCN1C(=O)CCc2cc(NCc3ccc(-c4ccccc4F)s3)ccc21. The van der Waals surface area contributed by atoms with E-state index < -0.39 is 0 Å². The fraction of sp³-hybridized carbons (Fsp3) is 0.227. The summed E-state index contributed by atoms with van der Waals surface area (Å²) in [5.74, 6) is -0.108. The number of carbonyl (C=O) groups is 1. The van der Waals surface area contributed by atoms with Crippen LogP contribution in [0.25, 0.3) is 10.4 Å². The Morgan fingerprint density at radius 1 is 1.14 bits per heavy atom. The number of ether oxygens (including phenoxy) is 1. The third-order valence-electron chi connectivity index (χ3n) is 4.81. The molecule has 1 amide bonds. The molecule has 1 aliphatic rings. The maximum absolute atomic E-state index is 14.0. The van der Waals surface area contributed by atoms with E-state index in [9.17, 15) is 9.18 Å². The number of halogens is 1. The maximum Gasteiger partial charge on any atom is 0.229 e. The molecule has 144 valence electrons. The zero-order valence-corrected chi connectivity index (χ0v) is 16.4. The smallest absolute Gasteiger partial charge is 0.229 e. The summed E-state index contributed by atoms with van der Waals surface area (Å²) >= 11 is 1.58. The first-order chi connectivity index (χ1) is 13.7. The van der Waals surface area contributed by atoms with Gasteiger partial charge in [-0.1, -0.05) is 18.2 Å². The zero-order valence-electron chi connectivity index (χ0n) is 15.6. The average molecular weight is 396 g/mol. The van der Waals surface area contributed by atoms with Crippen molar-refractivity contribution in [1.82, 2.24) is 0 Å². The van der Waals surface area contributed by atoms with Crippen LogP contribution in [0.5, 0.6) is 0 Å². The number of methoxy groups -OCH3 is 1. The lowest BCUT2D eigenvalue weighted by molar-refractivity contribution is -0.119. The fourth-order valence-electron chi connectivity index (χ4n) is 3.41. The Balaban J connectivity index is 1.46. The normalized spacial score (nSPS) is 13.5. The van der Waals surface area contributed by atoms with Crippen LogP contribution in [-0.4, -0.2) is 19.7 Å². The number of carbonyl (C=O) groups excluding carboxylic acids is 1. The van der Waals surface area contributed by atoms with Gasteiger partial charge >= 0.3 is 0 Å². The van der Waals surface area contributed by atoms with Crippen molar-refractivity contribution in [1.29, 1.82) is 0 Å². The second kappa shape index (κ2) is 8.12. The first kappa shape index (κ1) is 18.7. The number of nitrogens with one attached hydrogen (secondary N) is 1. The van der Waals surface area contributed by atoms with E-state index in [0.717, 1.165) is 33.1 Å². The van der Waals surface area contributed by atoms with E-state index in [1.807, 2.05) is 30.3 Å². The summed E-state index contributed by atoms with van der Waals surface area (Å²) in [6.45, 7) is 0.936. The lowest BCUT2D eigenvalue weighted by Crippen LogP contribution is -2.36. The van der Waals surface area contributed by atoms with Gasteiger partial charge in [0.1, 0.15) is 12.5 Å². The van der Waals surface area contributed by atoms with Crippen LogP contribution in [0.3, 0.4) is 0 Å². The summed E-state index contributed by atoms with van der Waals surface area (Å²) < 4.78 is 19.1. The van der Waals surface area contributed by atoms with Crippen molar-refractivity contribution < 1.29 is 13.9 Å². The minimum Gasteiger partial charge on any atom is -0.380 e. The van der Waals surface area contributed by atoms with Gasteiger partial charge < -0.3 is 10.1 Å². The molecule has 6 heteroatoms. The van der Waals surface area contributed by atoms with Gasteiger partial charge in [0.2, 0.25) is 5.91 Å². The third-order valence-corrected chi connectivity index (χ3v) is 5.92. The van der Waals surface area contributed by atoms with Crippen molar-refractivity contribution in [3.05, 3.63) is 70.9 Å². The number of fused-ring (bicyclic) bond motifs is 1. The predicted molar refractivity (Wildman–Crippen MR) is 111 cm³/mol. The van der Waals surface area contributed by atoms with Crippen molar-refractivity contribution in [3.63, 3.8) is 0 Å². The van der Waals surface area contributed by atoms with Crippen molar-refractivity contribution in [2.24, 2.45) is 0 Å². The molecule has 28 heavy (non-hydrogen) atoms. The number of amides is 1. The molecule has 0 bridgehead atoms. The van der Waals surface area contributed by atoms with Crippen molar-refractivity contribution in [3.8, 4) is 10.4 Å². The molecule has 0 unspecified atom stereocenters. The molecule has 4 nitrogen and oxygen atoms in total. The first-order valence-electron chi connectivity index (χ1n) is 9.15. The van der Waals surface area contributed by atoms with E-state index >= 15 is 0 Å². The van der Waals surface area contributed by atoms with Crippen molar-refractivity contribution in [2.75, 3.05) is 24.1 Å². The molecular weight excluding hydrogens is 375 g/mol. The van der Waals surface area contributed by atoms with E-state index in [2.05, 4.69) is 11.4 Å². The lowest BCUT2D eigenvalue weighted by atomic mass is 10.0. The van der Waals surface area contributed by atoms with Crippen LogP contribution >= 0.6 is 11.3 Å². The highest BCUT2D eigenvalue weighted by atomic mass is 32.1. The van der Waals surface area contributed by atoms with Gasteiger partial charge in [0.15, 0.2) is 0 Å². The van der Waals surface area contributed by atoms with Crippen LogP contribution < -0.4 is 10.2 Å². The van der Waals surface area contributed by atoms with Gasteiger partial charge in [0.25, 0.3) is 0 Å². The molecule has 0 saturated carbocycles. The number of nitrogens with zero attached hydrogens (tertiary/aromatic N) is 1. The van der Waals surface area contributed by atoms with Gasteiger partial charge in [-0.3, -0.25) is 9.69 Å². The third kappa shape index (κ3) is 3.79. The molecule has 0 aliphatic carbocycles. The van der Waals surface area contributed by atoms with E-state index in [4.69, 9.17) is 4.74 Å². The molecule has 1 aliphatic heterocycles. The minimum atomic E-state index is -0.200. The van der Waals surface area contributed by atoms with E-state index in [1.165, 1.54) is 6.07 Å². The molecule has 0 radical (unpaired) electrons. The number of hydrogen-bond acceptors (Lipinski definition) is 4. The lowest BCUT2D eigenvalue weighted by Gasteiger charge is -2.29. The molecule has 1 aromatic heterocycles. The van der Waals surface area contributed by atoms with Gasteiger partial charge in [-0.15, -0.1) is 11.3 Å². The number of aryl methyl sites for hydroxylation is 1. The summed E-state index contributed by atoms with van der Waals surface area (Å²) in [6, 6.07) is 16.9. The van der Waals surface area contributed by atoms with Crippen LogP contribution in [-0.2, 0) is 22.5 Å². The molecule has 3 aromatic rings. The van der Waals surface area contributed by atoms with Crippen molar-refractivity contribution in [2.45, 2.75) is 19.4 Å². The van der Waals surface area contributed by atoms with E-state index in [1.54, 1.807) is 35.5 Å². The molecule has 2 aromatic carbocycles. The highest BCUT2D eigenvalue weighted by Gasteiger charge is 2.24. The van der Waals surface area contributed by atoms with Crippen LogP contribution in [0.4, 0.5) is 15.8 Å². The predicted octanol–water partition coefficient (Wildman–Crippen LogP) is 5.05. The van der Waals surface area contributed by atoms with Crippen LogP contribution in [0, 0.1) is 5.82 Å². The molecule has 4 rings (SSSR count). The summed E-state index contributed by atoms with van der Waals surface area (Å²) in [5, 5.41) is 3.43. The molecule has 1 N–H and O–H groups in total. The molecule has 0 saturated heterocycles. The number of hydrogen-bond donors (Lipinski definition) is 1. The molecule has 0 spiro atoms. The van der Waals surface area contributed by atoms with Crippen molar-refractivity contribution >= 4 is 28.6 Å². The fourth-order valence-corrected chi connectivity index (χ4v) is 4.38. The zero-order chi connectivity index (χ0) is 19.5. The van der Waals surface area contributed by atoms with Gasteiger partial charge in [-0.2, -0.15) is 0 Å². The molecular formula is C22H21FN2O2S. The number of thiophene rings is 1. The van der Waals surface area contributed by atoms with Crippen LogP contribution in [0.1, 0.15) is 16.9 Å². The Bertz CT molecular complexity index is 1000. The average Bonchev–Trinajstić information content (AvgIpc) is 3.18. The first-order valence-corrected chi connectivity index (χ1v) is 9.97. The molecule has 0 atom stereocenters. The van der Waals surface area contributed by atoms with Crippen LogP contribution in [0.2, 0.25) is 0 Å². The molecule has 2 heterocycles. The Labute approximate surface area is 167 Å². The van der Waals surface area contributed by atoms with Gasteiger partial charge in [-0.05, 0) is 48.4 Å². The van der Waals surface area contributed by atoms with Gasteiger partial charge in [0, 0.05) is 46.8 Å². The quantitative estimate of drug-likeness (QED) is 0.634. The maximum atomic E-state index is 14.0.